The van der Waals surface area contributed by atoms with Crippen LogP contribution in [0.15, 0.2) is 12.5 Å². The second-order valence-electron chi connectivity index (χ2n) is 19.5. The van der Waals surface area contributed by atoms with E-state index in [1.807, 2.05) is 6.20 Å². The lowest BCUT2D eigenvalue weighted by Crippen LogP contribution is -2.60. The lowest BCUT2D eigenvalue weighted by atomic mass is 9.41. The largest absolute Gasteiger partial charge is 0.457 e. The van der Waals surface area contributed by atoms with Gasteiger partial charge in [-0.05, 0) is 111 Å². The first-order valence-corrected chi connectivity index (χ1v) is 19.7. The summed E-state index contributed by atoms with van der Waals surface area (Å²) in [6.07, 6.45) is 10.2. The van der Waals surface area contributed by atoms with Crippen molar-refractivity contribution in [2.75, 3.05) is 19.7 Å². The van der Waals surface area contributed by atoms with Crippen molar-refractivity contribution in [2.24, 2.45) is 50.7 Å². The van der Waals surface area contributed by atoms with Crippen LogP contribution in [0.3, 0.4) is 0 Å². The number of H-pyrrole nitrogens is 1. The molecule has 0 aromatic carbocycles. The quantitative estimate of drug-likeness (QED) is 0.318. The van der Waals surface area contributed by atoms with Gasteiger partial charge in [0.25, 0.3) is 0 Å². The second kappa shape index (κ2) is 11.7. The highest BCUT2D eigenvalue weighted by Gasteiger charge is 2.84. The topological polar surface area (TPSA) is 126 Å². The Labute approximate surface area is 298 Å². The Bertz CT molecular complexity index is 1450. The third-order valence-electron chi connectivity index (χ3n) is 16.5. The minimum Gasteiger partial charge on any atom is -0.457 e. The number of rotatable bonds is 7. The van der Waals surface area contributed by atoms with Crippen molar-refractivity contribution in [1.82, 2.24) is 14.9 Å². The molecule has 9 unspecified atom stereocenters. The molecule has 8 rings (SSSR count). The Morgan fingerprint density at radius 1 is 1.14 bits per heavy atom. The maximum Gasteiger partial charge on any atom is 0.303 e. The van der Waals surface area contributed by atoms with Crippen molar-refractivity contribution >= 4 is 5.97 Å². The van der Waals surface area contributed by atoms with Crippen molar-refractivity contribution in [3.05, 3.63) is 18.2 Å². The van der Waals surface area contributed by atoms with Crippen LogP contribution < -0.4 is 0 Å². The first kappa shape index (κ1) is 35.5. The highest BCUT2D eigenvalue weighted by atomic mass is 16.7. The van der Waals surface area contributed by atoms with Crippen molar-refractivity contribution in [3.8, 4) is 0 Å². The number of aromatic amines is 1. The minimum atomic E-state index is -1.26. The first-order valence-electron chi connectivity index (χ1n) is 19.7. The van der Waals surface area contributed by atoms with E-state index >= 15 is 0 Å². The van der Waals surface area contributed by atoms with E-state index in [-0.39, 0.29) is 52.0 Å². The number of imidazole rings is 1. The number of hydrogen-bond donors (Lipinski definition) is 3. The molecule has 0 bridgehead atoms. The third kappa shape index (κ3) is 4.93. The van der Waals surface area contributed by atoms with Crippen LogP contribution in [0.25, 0.3) is 0 Å². The maximum absolute atomic E-state index is 12.6. The van der Waals surface area contributed by atoms with E-state index in [4.69, 9.17) is 18.9 Å². The molecule has 5 saturated carbocycles. The molecule has 3 heterocycles. The summed E-state index contributed by atoms with van der Waals surface area (Å²) in [5, 5.41) is 23.7. The number of morpholine rings is 1. The Kier molecular flexibility index (Phi) is 8.31. The number of fused-ring (bicyclic) bond motifs is 4. The van der Waals surface area contributed by atoms with Crippen molar-refractivity contribution in [2.45, 2.75) is 156 Å². The van der Waals surface area contributed by atoms with Crippen LogP contribution in [0.2, 0.25) is 0 Å². The van der Waals surface area contributed by atoms with Gasteiger partial charge in [0.1, 0.15) is 0 Å². The summed E-state index contributed by atoms with van der Waals surface area (Å²) in [5.41, 5.74) is 0.0944. The number of aromatic nitrogens is 2. The average molecular weight is 698 g/mol. The molecule has 5 aliphatic carbocycles. The number of aliphatic hydroxyl groups is 2. The van der Waals surface area contributed by atoms with E-state index in [1.165, 1.54) is 26.2 Å². The van der Waals surface area contributed by atoms with Crippen LogP contribution in [-0.4, -0.2) is 93.2 Å². The standard InChI is InChI=1S/C40H63N3O7/c1-23-17-26(34(36(5,6)46)48-24(2)44)49-32-31(23)37(7)13-14-40-21-39(40)12-11-29(35(3,4)27(39)9-10-28(40)38(37,8)33(32)45)50-30-20-43(15-16-47-30)19-25-18-41-22-42-25/h18,22-23,26-34,45-46H,9-17,19-21H2,1-8H3,(H,41,42)/t23-,26?,27+,28?,29?,30?,31+,32?,33+,34+,37?,38?,39?,40?/m1/s1. The zero-order chi connectivity index (χ0) is 35.6. The minimum absolute atomic E-state index is 0.0271. The van der Waals surface area contributed by atoms with Crippen LogP contribution in [-0.2, 0) is 30.3 Å². The summed E-state index contributed by atoms with van der Waals surface area (Å²) in [6.45, 7) is 20.0. The molecule has 280 valence electrons. The fraction of sp³-hybridized carbons (Fsp3) is 0.900. The van der Waals surface area contributed by atoms with Gasteiger partial charge in [-0.3, -0.25) is 9.69 Å². The Hall–Kier alpha value is -1.56. The van der Waals surface area contributed by atoms with Gasteiger partial charge in [0.05, 0.1) is 49.5 Å². The molecule has 0 radical (unpaired) electrons. The molecule has 10 nitrogen and oxygen atoms in total. The van der Waals surface area contributed by atoms with Gasteiger partial charge < -0.3 is 34.1 Å². The maximum atomic E-state index is 12.6. The molecule has 2 spiro atoms. The van der Waals surface area contributed by atoms with Crippen LogP contribution in [0.1, 0.15) is 112 Å². The Balaban J connectivity index is 1.01. The number of hydrogen-bond acceptors (Lipinski definition) is 9. The van der Waals surface area contributed by atoms with Crippen LogP contribution in [0.5, 0.6) is 0 Å². The summed E-state index contributed by atoms with van der Waals surface area (Å²) < 4.78 is 25.7. The highest BCUT2D eigenvalue weighted by Crippen LogP contribution is 2.89. The molecule has 50 heavy (non-hydrogen) atoms. The predicted molar refractivity (Wildman–Crippen MR) is 186 cm³/mol. The normalized spacial score (nSPS) is 48.7. The summed E-state index contributed by atoms with van der Waals surface area (Å²) in [6, 6.07) is 0. The molecule has 10 heteroatoms. The summed E-state index contributed by atoms with van der Waals surface area (Å²) in [5.74, 6) is 1.08. The number of ether oxygens (including phenoxy) is 4. The van der Waals surface area contributed by atoms with Gasteiger partial charge in [-0.1, -0.05) is 34.6 Å². The number of nitrogens with one attached hydrogen (secondary N) is 1. The van der Waals surface area contributed by atoms with Crippen LogP contribution in [0, 0.1) is 50.7 Å². The predicted octanol–water partition coefficient (Wildman–Crippen LogP) is 5.47. The van der Waals surface area contributed by atoms with Crippen LogP contribution >= 0.6 is 0 Å². The molecule has 3 N–H and O–H groups in total. The van der Waals surface area contributed by atoms with Crippen molar-refractivity contribution < 1.29 is 34.0 Å². The summed E-state index contributed by atoms with van der Waals surface area (Å²) >= 11 is 0. The van der Waals surface area contributed by atoms with Gasteiger partial charge >= 0.3 is 5.97 Å². The number of aliphatic hydroxyl groups excluding tert-OH is 1. The molecule has 7 aliphatic rings. The lowest BCUT2D eigenvalue weighted by molar-refractivity contribution is -0.249. The molecular formula is C40H63N3O7. The van der Waals surface area contributed by atoms with E-state index in [0.29, 0.717) is 30.3 Å². The molecule has 14 atom stereocenters. The zero-order valence-electron chi connectivity index (χ0n) is 31.7. The molecular weight excluding hydrogens is 634 g/mol. The molecule has 2 aliphatic heterocycles. The van der Waals surface area contributed by atoms with Gasteiger partial charge in [-0.25, -0.2) is 4.98 Å². The van der Waals surface area contributed by atoms with E-state index < -0.39 is 29.9 Å². The Morgan fingerprint density at radius 3 is 2.58 bits per heavy atom. The first-order chi connectivity index (χ1) is 23.5. The summed E-state index contributed by atoms with van der Waals surface area (Å²) in [4.78, 5) is 21.9. The zero-order valence-corrected chi connectivity index (χ0v) is 31.7. The number of esters is 1. The third-order valence-corrected chi connectivity index (χ3v) is 16.5. The van der Waals surface area contributed by atoms with Crippen molar-refractivity contribution in [1.29, 1.82) is 0 Å². The lowest BCUT2D eigenvalue weighted by Gasteiger charge is -2.64. The molecule has 1 aromatic heterocycles. The van der Waals surface area contributed by atoms with E-state index in [9.17, 15) is 15.0 Å². The average Bonchev–Trinajstić information content (AvgIpc) is 3.33. The number of carbonyl (C=O) groups excluding carboxylic acids is 1. The van der Waals surface area contributed by atoms with Crippen molar-refractivity contribution in [3.63, 3.8) is 0 Å². The molecule has 2 saturated heterocycles. The molecule has 0 amide bonds. The summed E-state index contributed by atoms with van der Waals surface area (Å²) in [7, 11) is 0. The van der Waals surface area contributed by atoms with E-state index in [2.05, 4.69) is 49.5 Å². The van der Waals surface area contributed by atoms with Gasteiger partial charge in [-0.2, -0.15) is 0 Å². The van der Waals surface area contributed by atoms with Gasteiger partial charge in [0.15, 0.2) is 12.4 Å². The van der Waals surface area contributed by atoms with E-state index in [1.54, 1.807) is 20.2 Å². The fourth-order valence-electron chi connectivity index (χ4n) is 14.3. The van der Waals surface area contributed by atoms with Crippen LogP contribution in [0.4, 0.5) is 0 Å². The van der Waals surface area contributed by atoms with Gasteiger partial charge in [0, 0.05) is 37.3 Å². The fourth-order valence-corrected chi connectivity index (χ4v) is 14.3. The monoisotopic (exact) mass is 697 g/mol. The molecule has 7 fully saturated rings. The second-order valence-corrected chi connectivity index (χ2v) is 19.5. The number of nitrogens with zero attached hydrogens (tertiary/aromatic N) is 2. The number of carbonyl (C=O) groups is 1. The highest BCUT2D eigenvalue weighted by molar-refractivity contribution is 5.66. The smallest absolute Gasteiger partial charge is 0.303 e. The SMILES string of the molecule is CC(=O)O[C@@H](C1C[C@@H](C)[C@H]2C(O1)[C@H](O)C1(C)C3CC[C@H]4C(C)(C)C(OC5CN(Cc6cnc[nH]6)CCO5)CCC45CC35CCC21C)C(C)(C)O. The van der Waals surface area contributed by atoms with E-state index in [0.717, 1.165) is 51.0 Å². The Morgan fingerprint density at radius 2 is 1.88 bits per heavy atom. The van der Waals surface area contributed by atoms with Gasteiger partial charge in [-0.15, -0.1) is 0 Å². The van der Waals surface area contributed by atoms with Gasteiger partial charge in [0.2, 0.25) is 0 Å². The molecule has 1 aromatic rings.